The average Bonchev–Trinajstić information content (AvgIpc) is 3.17. The lowest BCUT2D eigenvalue weighted by molar-refractivity contribution is -0.130. The number of aryl methyl sites for hydroxylation is 1. The van der Waals surface area contributed by atoms with Gasteiger partial charge in [-0.2, -0.15) is 0 Å². The molecular formula is C22H31N5O. The van der Waals surface area contributed by atoms with Crippen LogP contribution in [0.1, 0.15) is 49.6 Å². The van der Waals surface area contributed by atoms with Gasteiger partial charge in [-0.1, -0.05) is 38.1 Å². The van der Waals surface area contributed by atoms with Crippen LogP contribution in [0.4, 0.5) is 5.82 Å². The minimum Gasteiger partial charge on any atom is -0.384 e. The molecule has 1 saturated heterocycles. The zero-order valence-electron chi connectivity index (χ0n) is 17.1. The van der Waals surface area contributed by atoms with Crippen LogP contribution in [0, 0.1) is 0 Å². The molecule has 1 aliphatic rings. The number of carbonyl (C=O) groups excluding carboxylic acids is 1. The van der Waals surface area contributed by atoms with Crippen LogP contribution in [0.3, 0.4) is 0 Å². The molecule has 0 spiro atoms. The van der Waals surface area contributed by atoms with Crippen molar-refractivity contribution in [1.29, 1.82) is 0 Å². The molecule has 2 heterocycles. The highest BCUT2D eigenvalue weighted by molar-refractivity contribution is 5.76. The Bertz CT molecular complexity index is 790. The summed E-state index contributed by atoms with van der Waals surface area (Å²) in [6.07, 6.45) is 4.03. The van der Waals surface area contributed by atoms with E-state index in [2.05, 4.69) is 60.0 Å². The number of nitrogen functional groups attached to an aromatic ring is 1. The molecule has 150 valence electrons. The number of hydrogen-bond acceptors (Lipinski definition) is 5. The lowest BCUT2D eigenvalue weighted by Gasteiger charge is -2.24. The first-order valence-corrected chi connectivity index (χ1v) is 10.1. The third kappa shape index (κ3) is 5.29. The van der Waals surface area contributed by atoms with E-state index < -0.39 is 0 Å². The molecule has 2 N–H and O–H groups in total. The van der Waals surface area contributed by atoms with E-state index in [0.29, 0.717) is 30.7 Å². The van der Waals surface area contributed by atoms with Crippen molar-refractivity contribution in [2.24, 2.45) is 0 Å². The highest BCUT2D eigenvalue weighted by Crippen LogP contribution is 2.19. The molecule has 6 heteroatoms. The molecule has 0 aliphatic carbocycles. The first-order chi connectivity index (χ1) is 13.4. The van der Waals surface area contributed by atoms with Crippen LogP contribution < -0.4 is 5.73 Å². The van der Waals surface area contributed by atoms with Crippen molar-refractivity contribution in [3.8, 4) is 0 Å². The monoisotopic (exact) mass is 381 g/mol. The second kappa shape index (κ2) is 9.15. The van der Waals surface area contributed by atoms with Crippen LogP contribution >= 0.6 is 0 Å². The van der Waals surface area contributed by atoms with E-state index in [0.717, 1.165) is 31.8 Å². The largest absolute Gasteiger partial charge is 0.384 e. The van der Waals surface area contributed by atoms with Crippen molar-refractivity contribution >= 4 is 11.7 Å². The topological polar surface area (TPSA) is 75.4 Å². The normalized spacial score (nSPS) is 16.9. The van der Waals surface area contributed by atoms with E-state index in [4.69, 9.17) is 5.73 Å². The predicted molar refractivity (Wildman–Crippen MR) is 112 cm³/mol. The Balaban J connectivity index is 1.47. The van der Waals surface area contributed by atoms with Crippen LogP contribution in [0.25, 0.3) is 0 Å². The molecule has 1 aromatic carbocycles. The molecule has 3 rings (SSSR count). The van der Waals surface area contributed by atoms with Crippen LogP contribution in [0.5, 0.6) is 0 Å². The van der Waals surface area contributed by atoms with Crippen molar-refractivity contribution < 1.29 is 4.79 Å². The van der Waals surface area contributed by atoms with Gasteiger partial charge in [-0.25, -0.2) is 9.97 Å². The number of nitrogens with two attached hydrogens (primary N) is 1. The molecule has 0 unspecified atom stereocenters. The lowest BCUT2D eigenvalue weighted by atomic mass is 10.0. The third-order valence-electron chi connectivity index (χ3n) is 5.53. The molecule has 2 aromatic rings. The van der Waals surface area contributed by atoms with E-state index in [1.165, 1.54) is 11.1 Å². The minimum atomic E-state index is 0.240. The molecule has 1 aliphatic heterocycles. The number of benzene rings is 1. The lowest BCUT2D eigenvalue weighted by Crippen LogP contribution is -2.36. The Morgan fingerprint density at radius 1 is 1.29 bits per heavy atom. The summed E-state index contributed by atoms with van der Waals surface area (Å²) in [7, 11) is 2.06. The molecular weight excluding hydrogens is 350 g/mol. The van der Waals surface area contributed by atoms with Gasteiger partial charge in [0.1, 0.15) is 11.6 Å². The van der Waals surface area contributed by atoms with E-state index in [1.54, 1.807) is 12.3 Å². The molecule has 1 amide bonds. The number of hydrogen-bond donors (Lipinski definition) is 1. The zero-order valence-corrected chi connectivity index (χ0v) is 17.1. The number of amides is 1. The second-order valence-corrected chi connectivity index (χ2v) is 7.99. The summed E-state index contributed by atoms with van der Waals surface area (Å²) in [5, 5.41) is 0. The van der Waals surface area contributed by atoms with Crippen LogP contribution in [-0.2, 0) is 17.8 Å². The molecule has 6 nitrogen and oxygen atoms in total. The molecule has 1 fully saturated rings. The third-order valence-corrected chi connectivity index (χ3v) is 5.53. The number of aromatic nitrogens is 2. The molecule has 1 atom stereocenters. The van der Waals surface area contributed by atoms with E-state index >= 15 is 0 Å². The summed E-state index contributed by atoms with van der Waals surface area (Å²) in [4.78, 5) is 25.4. The van der Waals surface area contributed by atoms with Gasteiger partial charge in [0, 0.05) is 31.7 Å². The summed E-state index contributed by atoms with van der Waals surface area (Å²) in [5.74, 6) is 1.98. The van der Waals surface area contributed by atoms with Gasteiger partial charge in [0.2, 0.25) is 5.91 Å². The van der Waals surface area contributed by atoms with Crippen LogP contribution in [0.2, 0.25) is 0 Å². The molecule has 0 bridgehead atoms. The SMILES string of the molecule is CC(C)c1ccc(CCC(=O)N2CC[C@H](N(C)Cc3nccc(N)n3)C2)cc1. The maximum Gasteiger partial charge on any atom is 0.222 e. The maximum absolute atomic E-state index is 12.6. The minimum absolute atomic E-state index is 0.240. The average molecular weight is 382 g/mol. The number of nitrogens with zero attached hydrogens (tertiary/aromatic N) is 4. The second-order valence-electron chi connectivity index (χ2n) is 7.99. The highest BCUT2D eigenvalue weighted by atomic mass is 16.2. The highest BCUT2D eigenvalue weighted by Gasteiger charge is 2.28. The van der Waals surface area contributed by atoms with Crippen molar-refractivity contribution in [3.63, 3.8) is 0 Å². The Labute approximate surface area is 167 Å². The van der Waals surface area contributed by atoms with Gasteiger partial charge in [0.15, 0.2) is 0 Å². The Morgan fingerprint density at radius 3 is 2.71 bits per heavy atom. The summed E-state index contributed by atoms with van der Waals surface area (Å²) in [6, 6.07) is 10.7. The zero-order chi connectivity index (χ0) is 20.1. The summed E-state index contributed by atoms with van der Waals surface area (Å²) < 4.78 is 0. The summed E-state index contributed by atoms with van der Waals surface area (Å²) in [6.45, 7) is 6.61. The molecule has 0 saturated carbocycles. The predicted octanol–water partition coefficient (Wildman–Crippen LogP) is 2.85. The Hall–Kier alpha value is -2.47. The number of rotatable bonds is 7. The van der Waals surface area contributed by atoms with E-state index in [-0.39, 0.29) is 5.91 Å². The van der Waals surface area contributed by atoms with E-state index in [9.17, 15) is 4.79 Å². The van der Waals surface area contributed by atoms with Gasteiger partial charge < -0.3 is 10.6 Å². The standard InChI is InChI=1S/C22H31N5O/c1-16(2)18-7-4-17(5-8-18)6-9-22(28)27-13-11-19(14-27)26(3)15-21-24-12-10-20(23)25-21/h4-5,7-8,10,12,16,19H,6,9,11,13-15H2,1-3H3,(H2,23,24,25)/t19-/m0/s1. The van der Waals surface area contributed by atoms with Gasteiger partial charge in [-0.15, -0.1) is 0 Å². The van der Waals surface area contributed by atoms with Crippen LogP contribution in [0.15, 0.2) is 36.5 Å². The van der Waals surface area contributed by atoms with E-state index in [1.807, 2.05) is 4.90 Å². The van der Waals surface area contributed by atoms with Crippen molar-refractivity contribution in [3.05, 3.63) is 53.5 Å². The summed E-state index contributed by atoms with van der Waals surface area (Å²) >= 11 is 0. The fourth-order valence-electron chi connectivity index (χ4n) is 3.65. The number of anilines is 1. The van der Waals surface area contributed by atoms with Gasteiger partial charge in [-0.3, -0.25) is 9.69 Å². The quantitative estimate of drug-likeness (QED) is 0.798. The molecule has 1 aromatic heterocycles. The van der Waals surface area contributed by atoms with Crippen molar-refractivity contribution in [1.82, 2.24) is 19.8 Å². The number of likely N-dealkylation sites (N-methyl/N-ethyl adjacent to an activating group) is 1. The number of likely N-dealkylation sites (tertiary alicyclic amines) is 1. The van der Waals surface area contributed by atoms with Gasteiger partial charge in [0.05, 0.1) is 6.54 Å². The van der Waals surface area contributed by atoms with Gasteiger partial charge in [0.25, 0.3) is 0 Å². The van der Waals surface area contributed by atoms with Gasteiger partial charge >= 0.3 is 0 Å². The summed E-state index contributed by atoms with van der Waals surface area (Å²) in [5.41, 5.74) is 8.30. The van der Waals surface area contributed by atoms with Crippen molar-refractivity contribution in [2.45, 2.75) is 51.6 Å². The Morgan fingerprint density at radius 2 is 2.04 bits per heavy atom. The molecule has 0 radical (unpaired) electrons. The first-order valence-electron chi connectivity index (χ1n) is 10.1. The fourth-order valence-corrected chi connectivity index (χ4v) is 3.65. The Kier molecular flexibility index (Phi) is 6.62. The smallest absolute Gasteiger partial charge is 0.222 e. The fraction of sp³-hybridized carbons (Fsp3) is 0.500. The van der Waals surface area contributed by atoms with Crippen molar-refractivity contribution in [2.75, 3.05) is 25.9 Å². The van der Waals surface area contributed by atoms with Crippen LogP contribution in [-0.4, -0.2) is 51.9 Å². The van der Waals surface area contributed by atoms with Gasteiger partial charge in [-0.05, 0) is 43.0 Å². The number of carbonyl (C=O) groups is 1. The maximum atomic E-state index is 12.6. The molecule has 28 heavy (non-hydrogen) atoms. The first kappa shape index (κ1) is 20.3.